The Morgan fingerprint density at radius 3 is 1.22 bits per heavy atom. The van der Waals surface area contributed by atoms with Crippen LogP contribution in [0.4, 0.5) is 0 Å². The SMILES string of the molecule is C[Si](C)=[Zr+2].Cc1ccc(-c2cccc3ccccc23)c2cc(CC3CCCCC3)[cH-]c12.Cc1ccc(-c2cccc3ccccc23)c2cc(CC3CCCCC3)[cH-]c12.[Cl-].[Cl-]. The Balaban J connectivity index is 0.000000179. The molecule has 0 spiro atoms. The number of benzene rings is 6. The van der Waals surface area contributed by atoms with E-state index in [1.807, 2.05) is 0 Å². The van der Waals surface area contributed by atoms with Crippen molar-refractivity contribution in [2.24, 2.45) is 11.8 Å². The topological polar surface area (TPSA) is 0 Å². The van der Waals surface area contributed by atoms with Gasteiger partial charge in [0.2, 0.25) is 0 Å². The van der Waals surface area contributed by atoms with Crippen molar-refractivity contribution < 1.29 is 48.1 Å². The van der Waals surface area contributed by atoms with E-state index in [-0.39, 0.29) is 30.2 Å². The molecule has 2 aliphatic carbocycles. The number of fused-ring (bicyclic) bond motifs is 4. The van der Waals surface area contributed by atoms with E-state index in [9.17, 15) is 0 Å². The maximum atomic E-state index is 2.48. The molecule has 0 radical (unpaired) electrons. The van der Waals surface area contributed by atoms with Crippen LogP contribution < -0.4 is 24.8 Å². The van der Waals surface area contributed by atoms with Crippen LogP contribution >= 0.6 is 0 Å². The minimum atomic E-state index is 0. The molecular formula is C56H60Cl2SiZr-2. The largest absolute Gasteiger partial charge is 1.00 e. The normalized spacial score (nSPS) is 14.5. The summed E-state index contributed by atoms with van der Waals surface area (Å²) in [7, 11) is 0. The Morgan fingerprint density at radius 2 is 0.817 bits per heavy atom. The predicted octanol–water partition coefficient (Wildman–Crippen LogP) is 10.4. The average Bonchev–Trinajstić information content (AvgIpc) is 3.87. The first-order valence-electron chi connectivity index (χ1n) is 22.2. The molecule has 0 nitrogen and oxygen atoms in total. The Labute approximate surface area is 387 Å². The third kappa shape index (κ3) is 10.8. The van der Waals surface area contributed by atoms with E-state index in [4.69, 9.17) is 0 Å². The molecule has 0 saturated heterocycles. The first-order valence-corrected chi connectivity index (χ1v) is 28.4. The van der Waals surface area contributed by atoms with Gasteiger partial charge >= 0.3 is 41.9 Å². The fraction of sp³-hybridized carbons (Fsp3) is 0.321. The number of aryl methyl sites for hydroxylation is 2. The first kappa shape index (κ1) is 46.2. The number of hydrogen-bond acceptors (Lipinski definition) is 0. The zero-order valence-electron chi connectivity index (χ0n) is 36.1. The van der Waals surface area contributed by atoms with Crippen molar-refractivity contribution >= 4 is 48.5 Å². The van der Waals surface area contributed by atoms with Crippen LogP contribution in [0.15, 0.2) is 133 Å². The molecule has 0 heterocycles. The van der Waals surface area contributed by atoms with Crippen LogP contribution in [0.2, 0.25) is 13.1 Å². The van der Waals surface area contributed by atoms with Gasteiger partial charge in [0.25, 0.3) is 0 Å². The molecule has 0 bridgehead atoms. The quantitative estimate of drug-likeness (QED) is 0.115. The van der Waals surface area contributed by atoms with Crippen LogP contribution in [0.1, 0.15) is 86.5 Å². The van der Waals surface area contributed by atoms with Crippen molar-refractivity contribution in [3.8, 4) is 22.3 Å². The second-order valence-corrected chi connectivity index (χ2v) is 27.1. The minimum absolute atomic E-state index is 0. The minimum Gasteiger partial charge on any atom is -1.00 e. The molecule has 4 heteroatoms. The summed E-state index contributed by atoms with van der Waals surface area (Å²) in [5, 5.41) is 11.1. The molecule has 2 saturated carbocycles. The van der Waals surface area contributed by atoms with E-state index < -0.39 is 0 Å². The van der Waals surface area contributed by atoms with Crippen molar-refractivity contribution in [3.05, 3.63) is 156 Å². The van der Waals surface area contributed by atoms with Gasteiger partial charge < -0.3 is 24.8 Å². The van der Waals surface area contributed by atoms with Crippen LogP contribution in [-0.4, -0.2) is 5.43 Å². The summed E-state index contributed by atoms with van der Waals surface area (Å²) >= 11 is 1.74. The molecule has 8 aromatic carbocycles. The predicted molar refractivity (Wildman–Crippen MR) is 252 cm³/mol. The first-order chi connectivity index (χ1) is 28.3. The van der Waals surface area contributed by atoms with Crippen LogP contribution in [0.25, 0.3) is 65.3 Å². The number of hydrogen-bond donors (Lipinski definition) is 0. The Hall–Kier alpha value is -3.26. The van der Waals surface area contributed by atoms with Gasteiger partial charge in [0, 0.05) is 0 Å². The van der Waals surface area contributed by atoms with Crippen molar-refractivity contribution in [1.29, 1.82) is 0 Å². The molecule has 0 aliphatic heterocycles. The van der Waals surface area contributed by atoms with Crippen LogP contribution in [0.5, 0.6) is 0 Å². The van der Waals surface area contributed by atoms with Crippen molar-refractivity contribution in [1.82, 2.24) is 0 Å². The van der Waals surface area contributed by atoms with E-state index in [0.717, 1.165) is 11.8 Å². The van der Waals surface area contributed by atoms with Gasteiger partial charge in [0.05, 0.1) is 0 Å². The van der Waals surface area contributed by atoms with Crippen LogP contribution in [-0.2, 0) is 36.2 Å². The summed E-state index contributed by atoms with van der Waals surface area (Å²) in [5.41, 5.74) is 11.5. The maximum absolute atomic E-state index is 2.48. The van der Waals surface area contributed by atoms with Crippen LogP contribution in [0.3, 0.4) is 0 Å². The second kappa shape index (κ2) is 21.7. The van der Waals surface area contributed by atoms with Gasteiger partial charge in [0.1, 0.15) is 0 Å². The van der Waals surface area contributed by atoms with E-state index in [2.05, 4.69) is 160 Å². The van der Waals surface area contributed by atoms with E-state index in [1.165, 1.54) is 165 Å². The molecule has 0 atom stereocenters. The third-order valence-corrected chi connectivity index (χ3v) is 13.0. The maximum Gasteiger partial charge on any atom is -0.0114 e. The summed E-state index contributed by atoms with van der Waals surface area (Å²) in [5.74, 6) is 1.77. The molecule has 10 rings (SSSR count). The molecule has 0 N–H and O–H groups in total. The molecule has 0 amide bonds. The molecular weight excluding hydrogens is 863 g/mol. The summed E-state index contributed by atoms with van der Waals surface area (Å²) in [6, 6.07) is 50.0. The van der Waals surface area contributed by atoms with Gasteiger partial charge in [-0.25, -0.2) is 0 Å². The Bertz CT molecular complexity index is 2470. The zero-order chi connectivity index (χ0) is 40.0. The summed E-state index contributed by atoms with van der Waals surface area (Å²) < 4.78 is 0. The fourth-order valence-electron chi connectivity index (χ4n) is 10.1. The van der Waals surface area contributed by atoms with Crippen molar-refractivity contribution in [3.63, 3.8) is 0 Å². The Morgan fingerprint density at radius 1 is 0.467 bits per heavy atom. The van der Waals surface area contributed by atoms with Gasteiger partial charge in [0.15, 0.2) is 0 Å². The van der Waals surface area contributed by atoms with Gasteiger partial charge in [-0.15, -0.1) is 68.1 Å². The molecule has 0 aromatic heterocycles. The summed E-state index contributed by atoms with van der Waals surface area (Å²) in [6.45, 7) is 9.12. The van der Waals surface area contributed by atoms with Crippen molar-refractivity contribution in [2.75, 3.05) is 0 Å². The average molecular weight is 923 g/mol. The molecule has 2 aliphatic rings. The van der Waals surface area contributed by atoms with Crippen molar-refractivity contribution in [2.45, 2.75) is 104 Å². The smallest absolute Gasteiger partial charge is 0.0114 e. The second-order valence-electron chi connectivity index (χ2n) is 17.7. The van der Waals surface area contributed by atoms with E-state index >= 15 is 0 Å². The summed E-state index contributed by atoms with van der Waals surface area (Å²) in [4.78, 5) is 0. The van der Waals surface area contributed by atoms with E-state index in [0.29, 0.717) is 0 Å². The molecule has 0 unspecified atom stereocenters. The monoisotopic (exact) mass is 920 g/mol. The number of rotatable bonds is 6. The third-order valence-electron chi connectivity index (χ3n) is 13.0. The van der Waals surface area contributed by atoms with Gasteiger partial charge in [-0.3, -0.25) is 0 Å². The standard InChI is InChI=1S/2C27H27.C2H6Si.2ClH.Zr/c2*1-19-14-15-25(24-13-7-11-22-10-5-6-12-23(22)24)27-18-21(17-26(19)27)16-20-8-3-2-4-9-20;1-3-2;;;/h2*5-7,10-15,17-18,20H,2-4,8-9,16H2,1H3;1-2H3;2*1H;/q2*-1;;;;+2/p-2. The molecule has 2 fully saturated rings. The molecule has 8 aromatic rings. The van der Waals surface area contributed by atoms with Gasteiger partial charge in [-0.2, -0.15) is 12.1 Å². The fourth-order valence-corrected chi connectivity index (χ4v) is 10.1. The van der Waals surface area contributed by atoms with Gasteiger partial charge in [-0.1, -0.05) is 186 Å². The zero-order valence-corrected chi connectivity index (χ0v) is 41.1. The van der Waals surface area contributed by atoms with Gasteiger partial charge in [-0.05, 0) is 57.3 Å². The van der Waals surface area contributed by atoms with Crippen LogP contribution in [0, 0.1) is 25.7 Å². The Kier molecular flexibility index (Phi) is 16.7. The molecule has 60 heavy (non-hydrogen) atoms. The molecule has 308 valence electrons. The number of halogens is 2. The summed E-state index contributed by atoms with van der Waals surface area (Å²) in [6.07, 6.45) is 16.7. The van der Waals surface area contributed by atoms with E-state index in [1.54, 1.807) is 23.3 Å².